The molecule has 0 saturated carbocycles. The van der Waals surface area contributed by atoms with Crippen LogP contribution in [0, 0.1) is 5.82 Å². The van der Waals surface area contributed by atoms with Gasteiger partial charge in [-0.25, -0.2) is 9.37 Å². The Bertz CT molecular complexity index is 482. The lowest BCUT2D eigenvalue weighted by Crippen LogP contribution is -2.04. The third-order valence-electron chi connectivity index (χ3n) is 3.20. The van der Waals surface area contributed by atoms with Crippen molar-refractivity contribution in [2.24, 2.45) is 0 Å². The fraction of sp³-hybridized carbons (Fsp3) is 0.438. The van der Waals surface area contributed by atoms with Crippen molar-refractivity contribution in [2.75, 3.05) is 5.75 Å². The van der Waals surface area contributed by atoms with Crippen LogP contribution in [0.4, 0.5) is 4.39 Å². The van der Waals surface area contributed by atoms with E-state index in [0.29, 0.717) is 5.37 Å². The Balaban J connectivity index is 1.84. The Labute approximate surface area is 124 Å². The third kappa shape index (κ3) is 4.67. The maximum Gasteiger partial charge on any atom is 0.123 e. The zero-order valence-corrected chi connectivity index (χ0v) is 12.7. The fourth-order valence-corrected chi connectivity index (χ4v) is 3.28. The van der Waals surface area contributed by atoms with Gasteiger partial charge in [-0.15, -0.1) is 11.8 Å². The second kappa shape index (κ2) is 8.10. The molecule has 1 heterocycles. The topological polar surface area (TPSA) is 17.8 Å². The van der Waals surface area contributed by atoms with Gasteiger partial charge in [-0.3, -0.25) is 0 Å². The molecular weight excluding hydrogens is 271 g/mol. The molecule has 2 rings (SSSR count). The van der Waals surface area contributed by atoms with E-state index in [0.717, 1.165) is 19.3 Å². The van der Waals surface area contributed by atoms with Crippen molar-refractivity contribution >= 4 is 11.8 Å². The van der Waals surface area contributed by atoms with Gasteiger partial charge >= 0.3 is 0 Å². The summed E-state index contributed by atoms with van der Waals surface area (Å²) >= 11 is 1.98. The molecule has 1 aromatic heterocycles. The van der Waals surface area contributed by atoms with Gasteiger partial charge in [0.2, 0.25) is 0 Å². The van der Waals surface area contributed by atoms with Crippen molar-refractivity contribution in [1.82, 2.24) is 9.55 Å². The van der Waals surface area contributed by atoms with Gasteiger partial charge < -0.3 is 4.57 Å². The Kier molecular flexibility index (Phi) is 6.12. The van der Waals surface area contributed by atoms with Crippen LogP contribution >= 0.6 is 11.8 Å². The quantitative estimate of drug-likeness (QED) is 0.702. The first-order valence-electron chi connectivity index (χ1n) is 7.13. The number of benzene rings is 1. The van der Waals surface area contributed by atoms with Gasteiger partial charge in [-0.05, 0) is 49.1 Å². The summed E-state index contributed by atoms with van der Waals surface area (Å²) in [6.07, 6.45) is 10.2. The van der Waals surface area contributed by atoms with E-state index in [4.69, 9.17) is 0 Å². The highest BCUT2D eigenvalue weighted by molar-refractivity contribution is 7.99. The highest BCUT2D eigenvalue weighted by atomic mass is 32.2. The van der Waals surface area contributed by atoms with E-state index in [-0.39, 0.29) is 5.82 Å². The zero-order valence-electron chi connectivity index (χ0n) is 11.8. The number of hydrogen-bond acceptors (Lipinski definition) is 2. The molecule has 2 aromatic rings. The van der Waals surface area contributed by atoms with E-state index in [2.05, 4.69) is 16.5 Å². The Morgan fingerprint density at radius 1 is 1.30 bits per heavy atom. The summed E-state index contributed by atoms with van der Waals surface area (Å²) < 4.78 is 15.0. The van der Waals surface area contributed by atoms with Crippen LogP contribution in [-0.4, -0.2) is 15.3 Å². The predicted octanol–water partition coefficient (Wildman–Crippen LogP) is 4.69. The van der Waals surface area contributed by atoms with Crippen molar-refractivity contribution in [3.05, 3.63) is 54.4 Å². The van der Waals surface area contributed by atoms with Gasteiger partial charge in [0.15, 0.2) is 0 Å². The highest BCUT2D eigenvalue weighted by Crippen LogP contribution is 2.28. The molecule has 0 radical (unpaired) electrons. The predicted molar refractivity (Wildman–Crippen MR) is 83.4 cm³/mol. The van der Waals surface area contributed by atoms with E-state index in [1.807, 2.05) is 42.6 Å². The van der Waals surface area contributed by atoms with Crippen LogP contribution in [0.5, 0.6) is 0 Å². The summed E-state index contributed by atoms with van der Waals surface area (Å²) in [6.45, 7) is 2.20. The van der Waals surface area contributed by atoms with Crippen LogP contribution in [-0.2, 0) is 6.42 Å². The van der Waals surface area contributed by atoms with Gasteiger partial charge in [0.1, 0.15) is 5.82 Å². The number of thioether (sulfide) groups is 1. The molecule has 20 heavy (non-hydrogen) atoms. The molecule has 0 aliphatic rings. The number of halogens is 1. The molecule has 0 N–H and O–H groups in total. The van der Waals surface area contributed by atoms with E-state index >= 15 is 0 Å². The average Bonchev–Trinajstić information content (AvgIpc) is 2.98. The second-order valence-electron chi connectivity index (χ2n) is 4.85. The number of hydrogen-bond donors (Lipinski definition) is 0. The molecule has 0 aliphatic carbocycles. The largest absolute Gasteiger partial charge is 0.325 e. The smallest absolute Gasteiger partial charge is 0.123 e. The number of rotatable bonds is 8. The van der Waals surface area contributed by atoms with Gasteiger partial charge in [0.25, 0.3) is 0 Å². The standard InChI is InChI=1S/C16H21FN2S/c1-2-12-20-16(19-11-10-18-13-19)5-3-4-14-6-8-15(17)9-7-14/h6-11,13,16H,2-5,12H2,1H3. The maximum atomic E-state index is 12.8. The molecule has 1 atom stereocenters. The lowest BCUT2D eigenvalue weighted by atomic mass is 10.1. The van der Waals surface area contributed by atoms with Crippen LogP contribution in [0.2, 0.25) is 0 Å². The number of aryl methyl sites for hydroxylation is 1. The minimum atomic E-state index is -0.163. The minimum Gasteiger partial charge on any atom is -0.325 e. The molecule has 0 bridgehead atoms. The molecular formula is C16H21FN2S. The second-order valence-corrected chi connectivity index (χ2v) is 6.14. The highest BCUT2D eigenvalue weighted by Gasteiger charge is 2.10. The molecule has 4 heteroatoms. The lowest BCUT2D eigenvalue weighted by Gasteiger charge is -2.17. The van der Waals surface area contributed by atoms with Crippen LogP contribution < -0.4 is 0 Å². The SMILES string of the molecule is CCCSC(CCCc1ccc(F)cc1)n1ccnc1. The molecule has 0 amide bonds. The minimum absolute atomic E-state index is 0.163. The normalized spacial score (nSPS) is 12.5. The first kappa shape index (κ1) is 15.1. The summed E-state index contributed by atoms with van der Waals surface area (Å²) in [4.78, 5) is 4.14. The van der Waals surface area contributed by atoms with Crippen LogP contribution in [0.25, 0.3) is 0 Å². The first-order valence-corrected chi connectivity index (χ1v) is 8.18. The molecule has 0 saturated heterocycles. The number of aromatic nitrogens is 2. The van der Waals surface area contributed by atoms with Crippen molar-refractivity contribution in [3.63, 3.8) is 0 Å². The van der Waals surface area contributed by atoms with Crippen molar-refractivity contribution < 1.29 is 4.39 Å². The van der Waals surface area contributed by atoms with Crippen molar-refractivity contribution in [3.8, 4) is 0 Å². The molecule has 2 nitrogen and oxygen atoms in total. The van der Waals surface area contributed by atoms with E-state index in [1.54, 1.807) is 0 Å². The van der Waals surface area contributed by atoms with Gasteiger partial charge in [0.05, 0.1) is 11.7 Å². The first-order chi connectivity index (χ1) is 9.79. The molecule has 1 aromatic carbocycles. The zero-order chi connectivity index (χ0) is 14.2. The molecule has 108 valence electrons. The summed E-state index contributed by atoms with van der Waals surface area (Å²) in [6, 6.07) is 6.82. The summed E-state index contributed by atoms with van der Waals surface area (Å²) in [5, 5.41) is 0.456. The molecule has 0 aliphatic heterocycles. The van der Waals surface area contributed by atoms with Gasteiger partial charge in [0, 0.05) is 12.4 Å². The monoisotopic (exact) mass is 292 g/mol. The number of imidazole rings is 1. The third-order valence-corrected chi connectivity index (χ3v) is 4.71. The summed E-state index contributed by atoms with van der Waals surface area (Å²) in [5.74, 6) is 1.00. The van der Waals surface area contributed by atoms with Crippen LogP contribution in [0.3, 0.4) is 0 Å². The number of nitrogens with zero attached hydrogens (tertiary/aromatic N) is 2. The van der Waals surface area contributed by atoms with Gasteiger partial charge in [-0.1, -0.05) is 19.1 Å². The van der Waals surface area contributed by atoms with Crippen LogP contribution in [0.1, 0.15) is 37.1 Å². The Morgan fingerprint density at radius 3 is 2.75 bits per heavy atom. The molecule has 0 spiro atoms. The average molecular weight is 292 g/mol. The molecule has 0 fully saturated rings. The Morgan fingerprint density at radius 2 is 2.10 bits per heavy atom. The lowest BCUT2D eigenvalue weighted by molar-refractivity contribution is 0.591. The van der Waals surface area contributed by atoms with Gasteiger partial charge in [-0.2, -0.15) is 0 Å². The summed E-state index contributed by atoms with van der Waals surface area (Å²) in [7, 11) is 0. The van der Waals surface area contributed by atoms with E-state index in [9.17, 15) is 4.39 Å². The van der Waals surface area contributed by atoms with E-state index in [1.165, 1.54) is 29.9 Å². The molecule has 1 unspecified atom stereocenters. The summed E-state index contributed by atoms with van der Waals surface area (Å²) in [5.41, 5.74) is 1.20. The van der Waals surface area contributed by atoms with E-state index < -0.39 is 0 Å². The van der Waals surface area contributed by atoms with Crippen molar-refractivity contribution in [1.29, 1.82) is 0 Å². The fourth-order valence-electron chi connectivity index (χ4n) is 2.14. The van der Waals surface area contributed by atoms with Crippen molar-refractivity contribution in [2.45, 2.75) is 38.0 Å². The maximum absolute atomic E-state index is 12.8. The Hall–Kier alpha value is -1.29. The van der Waals surface area contributed by atoms with Crippen LogP contribution in [0.15, 0.2) is 43.0 Å².